The highest BCUT2D eigenvalue weighted by Crippen LogP contribution is 2.39. The lowest BCUT2D eigenvalue weighted by Gasteiger charge is -2.36. The Morgan fingerprint density at radius 3 is 2.57 bits per heavy atom. The Hall–Kier alpha value is -3.40. The summed E-state index contributed by atoms with van der Waals surface area (Å²) in [7, 11) is 0. The zero-order valence-corrected chi connectivity index (χ0v) is 15.2. The molecule has 1 aliphatic heterocycles. The zero-order valence-electron chi connectivity index (χ0n) is 15.2. The summed E-state index contributed by atoms with van der Waals surface area (Å²) in [6.07, 6.45) is 0.768. The number of aromatic amines is 1. The molecule has 3 aromatic carbocycles. The molecule has 3 nitrogen and oxygen atoms in total. The minimum Gasteiger partial charge on any atom is -0.356 e. The van der Waals surface area contributed by atoms with Gasteiger partial charge in [-0.25, -0.2) is 4.39 Å². The topological polar surface area (TPSA) is 36.1 Å². The molecule has 0 saturated carbocycles. The molecule has 0 fully saturated rings. The van der Waals surface area contributed by atoms with Crippen LogP contribution in [0, 0.1) is 5.82 Å². The number of rotatable bonds is 2. The molecule has 0 radical (unpaired) electrons. The summed E-state index contributed by atoms with van der Waals surface area (Å²) >= 11 is 0. The van der Waals surface area contributed by atoms with Crippen molar-refractivity contribution in [3.63, 3.8) is 0 Å². The van der Waals surface area contributed by atoms with Crippen molar-refractivity contribution in [3.05, 3.63) is 107 Å². The first-order valence-electron chi connectivity index (χ1n) is 9.43. The van der Waals surface area contributed by atoms with Crippen LogP contribution in [-0.4, -0.2) is 22.3 Å². The van der Waals surface area contributed by atoms with Gasteiger partial charge in [0.15, 0.2) is 0 Å². The zero-order chi connectivity index (χ0) is 19.1. The van der Waals surface area contributed by atoms with Gasteiger partial charge in [-0.1, -0.05) is 54.6 Å². The Morgan fingerprint density at radius 1 is 0.964 bits per heavy atom. The van der Waals surface area contributed by atoms with E-state index in [1.165, 1.54) is 23.1 Å². The van der Waals surface area contributed by atoms with Gasteiger partial charge >= 0.3 is 0 Å². The Kier molecular flexibility index (Phi) is 3.97. The minimum atomic E-state index is -0.398. The molecule has 1 N–H and O–H groups in total. The van der Waals surface area contributed by atoms with Crippen LogP contribution in [0.15, 0.2) is 78.9 Å². The second-order valence-electron chi connectivity index (χ2n) is 7.13. The molecule has 4 heteroatoms. The summed E-state index contributed by atoms with van der Waals surface area (Å²) in [6.45, 7) is 0.587. The molecule has 5 rings (SSSR count). The van der Waals surface area contributed by atoms with E-state index in [0.717, 1.165) is 23.2 Å². The van der Waals surface area contributed by atoms with Crippen molar-refractivity contribution >= 4 is 16.8 Å². The second-order valence-corrected chi connectivity index (χ2v) is 7.13. The van der Waals surface area contributed by atoms with E-state index in [1.54, 1.807) is 12.1 Å². The molecule has 1 aromatic heterocycles. The SMILES string of the molecule is O=C(c1cccc(F)c1)N1CCc2c([nH]c3ccccc23)C1c1ccccc1. The van der Waals surface area contributed by atoms with Gasteiger partial charge in [-0.2, -0.15) is 0 Å². The third-order valence-electron chi connectivity index (χ3n) is 5.48. The van der Waals surface area contributed by atoms with Crippen molar-refractivity contribution in [2.75, 3.05) is 6.54 Å². The van der Waals surface area contributed by atoms with Crippen LogP contribution in [0.5, 0.6) is 0 Å². The maximum atomic E-state index is 13.7. The number of nitrogens with one attached hydrogen (secondary N) is 1. The maximum absolute atomic E-state index is 13.7. The van der Waals surface area contributed by atoms with Crippen molar-refractivity contribution in [2.24, 2.45) is 0 Å². The van der Waals surface area contributed by atoms with Crippen LogP contribution in [0.1, 0.15) is 33.2 Å². The highest BCUT2D eigenvalue weighted by Gasteiger charge is 2.34. The smallest absolute Gasteiger partial charge is 0.254 e. The fraction of sp³-hybridized carbons (Fsp3) is 0.125. The number of carbonyl (C=O) groups excluding carboxylic acids is 1. The van der Waals surface area contributed by atoms with Crippen LogP contribution < -0.4 is 0 Å². The van der Waals surface area contributed by atoms with E-state index in [1.807, 2.05) is 47.4 Å². The van der Waals surface area contributed by atoms with Crippen molar-refractivity contribution in [3.8, 4) is 0 Å². The Bertz CT molecular complexity index is 1170. The van der Waals surface area contributed by atoms with Crippen LogP contribution in [0.2, 0.25) is 0 Å². The van der Waals surface area contributed by atoms with Crippen LogP contribution in [0.4, 0.5) is 4.39 Å². The fourth-order valence-corrected chi connectivity index (χ4v) is 4.23. The lowest BCUT2D eigenvalue weighted by molar-refractivity contribution is 0.0691. The average Bonchev–Trinajstić information content (AvgIpc) is 3.12. The quantitative estimate of drug-likeness (QED) is 0.524. The number of halogens is 1. The standard InChI is InChI=1S/C24H19FN2O/c25-18-10-6-9-17(15-18)24(28)27-14-13-20-19-11-4-5-12-21(19)26-22(20)23(27)16-7-2-1-3-8-16/h1-12,15,23,26H,13-14H2. The first kappa shape index (κ1) is 16.8. The largest absolute Gasteiger partial charge is 0.356 e. The molecule has 2 heterocycles. The summed E-state index contributed by atoms with van der Waals surface area (Å²) in [6, 6.07) is 23.9. The number of nitrogens with zero attached hydrogens (tertiary/aromatic N) is 1. The van der Waals surface area contributed by atoms with Gasteiger partial charge in [0, 0.05) is 28.7 Å². The second kappa shape index (κ2) is 6.64. The van der Waals surface area contributed by atoms with Crippen LogP contribution in [0.25, 0.3) is 10.9 Å². The lowest BCUT2D eigenvalue weighted by Crippen LogP contribution is -2.40. The van der Waals surface area contributed by atoms with E-state index in [-0.39, 0.29) is 11.9 Å². The van der Waals surface area contributed by atoms with Crippen molar-refractivity contribution < 1.29 is 9.18 Å². The van der Waals surface area contributed by atoms with Crippen molar-refractivity contribution in [1.82, 2.24) is 9.88 Å². The number of fused-ring (bicyclic) bond motifs is 3. The fourth-order valence-electron chi connectivity index (χ4n) is 4.23. The van der Waals surface area contributed by atoms with E-state index in [9.17, 15) is 9.18 Å². The molecule has 4 aromatic rings. The molecule has 1 atom stereocenters. The number of amides is 1. The van der Waals surface area contributed by atoms with Gasteiger partial charge in [-0.15, -0.1) is 0 Å². The highest BCUT2D eigenvalue weighted by molar-refractivity contribution is 5.95. The van der Waals surface area contributed by atoms with Gasteiger partial charge in [0.05, 0.1) is 6.04 Å². The van der Waals surface area contributed by atoms with E-state index < -0.39 is 5.82 Å². The molecule has 1 amide bonds. The summed E-state index contributed by atoms with van der Waals surface area (Å²) in [5.41, 5.74) is 4.80. The molecular weight excluding hydrogens is 351 g/mol. The molecule has 0 bridgehead atoms. The molecular formula is C24H19FN2O. The normalized spacial score (nSPS) is 16.2. The number of carbonyl (C=O) groups is 1. The monoisotopic (exact) mass is 370 g/mol. The summed E-state index contributed by atoms with van der Waals surface area (Å²) in [5, 5.41) is 1.20. The van der Waals surface area contributed by atoms with E-state index in [4.69, 9.17) is 0 Å². The first-order valence-corrected chi connectivity index (χ1v) is 9.43. The summed E-state index contributed by atoms with van der Waals surface area (Å²) in [4.78, 5) is 18.7. The molecule has 0 spiro atoms. The number of H-pyrrole nitrogens is 1. The summed E-state index contributed by atoms with van der Waals surface area (Å²) < 4.78 is 13.7. The van der Waals surface area contributed by atoms with Gasteiger partial charge in [0.1, 0.15) is 5.82 Å². The molecule has 1 aliphatic rings. The summed E-state index contributed by atoms with van der Waals surface area (Å²) in [5.74, 6) is -0.553. The van der Waals surface area contributed by atoms with Gasteiger partial charge < -0.3 is 9.88 Å². The highest BCUT2D eigenvalue weighted by atomic mass is 19.1. The minimum absolute atomic E-state index is 0.155. The first-order chi connectivity index (χ1) is 13.7. The number of para-hydroxylation sites is 1. The van der Waals surface area contributed by atoms with Crippen LogP contribution >= 0.6 is 0 Å². The van der Waals surface area contributed by atoms with Gasteiger partial charge in [-0.3, -0.25) is 4.79 Å². The lowest BCUT2D eigenvalue weighted by atomic mass is 9.91. The average molecular weight is 370 g/mol. The molecule has 138 valence electrons. The van der Waals surface area contributed by atoms with E-state index in [2.05, 4.69) is 17.1 Å². The molecule has 1 unspecified atom stereocenters. The Balaban J connectivity index is 1.66. The van der Waals surface area contributed by atoms with Crippen molar-refractivity contribution in [2.45, 2.75) is 12.5 Å². The Morgan fingerprint density at radius 2 is 1.75 bits per heavy atom. The molecule has 0 saturated heterocycles. The van der Waals surface area contributed by atoms with Crippen LogP contribution in [0.3, 0.4) is 0 Å². The number of aromatic nitrogens is 1. The predicted octanol–water partition coefficient (Wildman–Crippen LogP) is 5.09. The molecule has 0 aliphatic carbocycles. The number of hydrogen-bond acceptors (Lipinski definition) is 1. The third kappa shape index (κ3) is 2.69. The number of hydrogen-bond donors (Lipinski definition) is 1. The maximum Gasteiger partial charge on any atom is 0.254 e. The Labute approximate surface area is 162 Å². The number of benzene rings is 3. The van der Waals surface area contributed by atoms with Gasteiger partial charge in [0.25, 0.3) is 5.91 Å². The van der Waals surface area contributed by atoms with Crippen molar-refractivity contribution in [1.29, 1.82) is 0 Å². The third-order valence-corrected chi connectivity index (χ3v) is 5.48. The predicted molar refractivity (Wildman–Crippen MR) is 108 cm³/mol. The van der Waals surface area contributed by atoms with E-state index in [0.29, 0.717) is 12.1 Å². The molecule has 28 heavy (non-hydrogen) atoms. The van der Waals surface area contributed by atoms with E-state index >= 15 is 0 Å². The van der Waals surface area contributed by atoms with Crippen LogP contribution in [-0.2, 0) is 6.42 Å². The van der Waals surface area contributed by atoms with Gasteiger partial charge in [-0.05, 0) is 41.8 Å². The van der Waals surface area contributed by atoms with Gasteiger partial charge in [0.2, 0.25) is 0 Å².